The zero-order valence-corrected chi connectivity index (χ0v) is 12.3. The maximum Gasteiger partial charge on any atom is 0.323 e. The van der Waals surface area contributed by atoms with Gasteiger partial charge >= 0.3 is 5.97 Å². The molecule has 1 unspecified atom stereocenters. The summed E-state index contributed by atoms with van der Waals surface area (Å²) in [6.07, 6.45) is 0.628. The van der Waals surface area contributed by atoms with E-state index in [9.17, 15) is 4.79 Å². The van der Waals surface area contributed by atoms with Crippen LogP contribution in [0.4, 0.5) is 0 Å². The van der Waals surface area contributed by atoms with E-state index in [0.717, 1.165) is 5.56 Å². The van der Waals surface area contributed by atoms with Gasteiger partial charge in [0.05, 0.1) is 0 Å². The van der Waals surface area contributed by atoms with Crippen molar-refractivity contribution in [3.8, 4) is 0 Å². The highest BCUT2D eigenvalue weighted by atomic mass is 35.5. The van der Waals surface area contributed by atoms with Gasteiger partial charge in [-0.1, -0.05) is 23.7 Å². The molecule has 0 bridgehead atoms. The Morgan fingerprint density at radius 1 is 1.39 bits per heavy atom. The molecule has 0 heterocycles. The van der Waals surface area contributed by atoms with Gasteiger partial charge in [-0.25, -0.2) is 0 Å². The summed E-state index contributed by atoms with van der Waals surface area (Å²) in [5, 5.41) is 0.694. The molecule has 1 aromatic carbocycles. The Morgan fingerprint density at radius 3 is 2.33 bits per heavy atom. The maximum atomic E-state index is 11.4. The Kier molecular flexibility index (Phi) is 6.68. The molecule has 2 N–H and O–H groups in total. The third kappa shape index (κ3) is 5.71. The molecule has 0 aliphatic heterocycles. The topological polar surface area (TPSA) is 52.3 Å². The minimum Gasteiger partial charge on any atom is -0.458 e. The highest BCUT2D eigenvalue weighted by molar-refractivity contribution is 6.30. The predicted octanol–water partition coefficient (Wildman–Crippen LogP) is 2.97. The smallest absolute Gasteiger partial charge is 0.323 e. The van der Waals surface area contributed by atoms with Crippen molar-refractivity contribution in [1.29, 1.82) is 0 Å². The highest BCUT2D eigenvalue weighted by Gasteiger charge is 2.24. The average molecular weight is 292 g/mol. The van der Waals surface area contributed by atoms with Crippen LogP contribution in [-0.2, 0) is 16.0 Å². The first kappa shape index (κ1) is 17.2. The summed E-state index contributed by atoms with van der Waals surface area (Å²) in [4.78, 5) is 11.4. The molecule has 0 spiro atoms. The van der Waals surface area contributed by atoms with Crippen LogP contribution in [-0.4, -0.2) is 17.6 Å². The van der Waals surface area contributed by atoms with Crippen molar-refractivity contribution in [2.24, 2.45) is 5.73 Å². The summed E-state index contributed by atoms with van der Waals surface area (Å²) >= 11 is 5.81. The van der Waals surface area contributed by atoms with Gasteiger partial charge in [-0.3, -0.25) is 4.79 Å². The third-order valence-electron chi connectivity index (χ3n) is 2.29. The minimum absolute atomic E-state index is 0. The van der Waals surface area contributed by atoms with Gasteiger partial charge in [0, 0.05) is 11.4 Å². The van der Waals surface area contributed by atoms with Crippen LogP contribution in [0.3, 0.4) is 0 Å². The number of carbonyl (C=O) groups is 1. The zero-order chi connectivity index (χ0) is 13.1. The number of hydrogen-bond donors (Lipinski definition) is 1. The van der Waals surface area contributed by atoms with Crippen LogP contribution >= 0.6 is 24.0 Å². The standard InChI is InChI=1S/C13H18ClNO2.ClH/c1-9(15)12(16)17-13(2,3)8-10-4-6-11(14)7-5-10;/h4-7,9H,8,15H2,1-3H3;1H. The van der Waals surface area contributed by atoms with E-state index >= 15 is 0 Å². The fourth-order valence-corrected chi connectivity index (χ4v) is 1.62. The number of halogens is 2. The van der Waals surface area contributed by atoms with E-state index in [4.69, 9.17) is 22.1 Å². The number of nitrogens with two attached hydrogens (primary N) is 1. The molecular formula is C13H19Cl2NO2. The summed E-state index contributed by atoms with van der Waals surface area (Å²) in [7, 11) is 0. The summed E-state index contributed by atoms with van der Waals surface area (Å²) in [5.74, 6) is -0.385. The van der Waals surface area contributed by atoms with E-state index in [1.807, 2.05) is 38.1 Å². The van der Waals surface area contributed by atoms with Crippen molar-refractivity contribution in [2.45, 2.75) is 38.8 Å². The molecule has 3 nitrogen and oxygen atoms in total. The Morgan fingerprint density at radius 2 is 1.89 bits per heavy atom. The maximum absolute atomic E-state index is 11.4. The molecular weight excluding hydrogens is 273 g/mol. The number of esters is 1. The molecule has 1 aromatic rings. The van der Waals surface area contributed by atoms with Gasteiger partial charge in [0.25, 0.3) is 0 Å². The fourth-order valence-electron chi connectivity index (χ4n) is 1.50. The lowest BCUT2D eigenvalue weighted by Crippen LogP contribution is -2.38. The lowest BCUT2D eigenvalue weighted by Gasteiger charge is -2.26. The number of rotatable bonds is 4. The van der Waals surface area contributed by atoms with Crippen LogP contribution in [0, 0.1) is 0 Å². The molecule has 0 aliphatic rings. The van der Waals surface area contributed by atoms with E-state index in [0.29, 0.717) is 11.4 Å². The SMILES string of the molecule is CC(N)C(=O)OC(C)(C)Cc1ccc(Cl)cc1.Cl. The van der Waals surface area contributed by atoms with Gasteiger partial charge in [0.1, 0.15) is 11.6 Å². The molecule has 0 amide bonds. The van der Waals surface area contributed by atoms with E-state index in [1.165, 1.54) is 0 Å². The van der Waals surface area contributed by atoms with Crippen LogP contribution in [0.15, 0.2) is 24.3 Å². The molecule has 0 aromatic heterocycles. The first-order chi connectivity index (χ1) is 7.80. The molecule has 0 saturated heterocycles. The van der Waals surface area contributed by atoms with Gasteiger partial charge in [-0.05, 0) is 38.5 Å². The summed E-state index contributed by atoms with van der Waals surface area (Å²) < 4.78 is 5.34. The van der Waals surface area contributed by atoms with Crippen molar-refractivity contribution < 1.29 is 9.53 Å². The van der Waals surface area contributed by atoms with Crippen molar-refractivity contribution in [2.75, 3.05) is 0 Å². The molecule has 1 rings (SSSR count). The zero-order valence-electron chi connectivity index (χ0n) is 10.8. The van der Waals surface area contributed by atoms with Crippen molar-refractivity contribution >= 4 is 30.0 Å². The molecule has 0 aliphatic carbocycles. The van der Waals surface area contributed by atoms with Crippen LogP contribution in [0.1, 0.15) is 26.3 Å². The van der Waals surface area contributed by atoms with E-state index in [1.54, 1.807) is 6.92 Å². The van der Waals surface area contributed by atoms with Crippen LogP contribution in [0.2, 0.25) is 5.02 Å². The lowest BCUT2D eigenvalue weighted by atomic mass is 9.98. The van der Waals surface area contributed by atoms with Crippen LogP contribution < -0.4 is 5.73 Å². The lowest BCUT2D eigenvalue weighted by molar-refractivity contribution is -0.157. The van der Waals surface area contributed by atoms with E-state index < -0.39 is 11.6 Å². The Labute approximate surface area is 119 Å². The second-order valence-corrected chi connectivity index (χ2v) is 5.21. The Bertz CT molecular complexity index is 388. The van der Waals surface area contributed by atoms with Gasteiger partial charge in [0.15, 0.2) is 0 Å². The van der Waals surface area contributed by atoms with Gasteiger partial charge in [-0.15, -0.1) is 12.4 Å². The van der Waals surface area contributed by atoms with E-state index in [2.05, 4.69) is 0 Å². The summed E-state index contributed by atoms with van der Waals surface area (Å²) in [6, 6.07) is 6.88. The fraction of sp³-hybridized carbons (Fsp3) is 0.462. The third-order valence-corrected chi connectivity index (χ3v) is 2.54. The van der Waals surface area contributed by atoms with Crippen molar-refractivity contribution in [3.63, 3.8) is 0 Å². The van der Waals surface area contributed by atoms with Crippen LogP contribution in [0.25, 0.3) is 0 Å². The van der Waals surface area contributed by atoms with E-state index in [-0.39, 0.29) is 18.4 Å². The second-order valence-electron chi connectivity index (χ2n) is 4.77. The number of ether oxygens (including phenoxy) is 1. The highest BCUT2D eigenvalue weighted by Crippen LogP contribution is 2.19. The first-order valence-corrected chi connectivity index (χ1v) is 5.91. The number of benzene rings is 1. The molecule has 18 heavy (non-hydrogen) atoms. The van der Waals surface area contributed by atoms with Gasteiger partial charge < -0.3 is 10.5 Å². The predicted molar refractivity (Wildman–Crippen MR) is 76.2 cm³/mol. The molecule has 0 saturated carbocycles. The Balaban J connectivity index is 0.00000289. The number of hydrogen-bond acceptors (Lipinski definition) is 3. The molecule has 5 heteroatoms. The molecule has 0 fully saturated rings. The number of carbonyl (C=O) groups excluding carboxylic acids is 1. The summed E-state index contributed by atoms with van der Waals surface area (Å²) in [5.41, 5.74) is 5.96. The van der Waals surface area contributed by atoms with Crippen molar-refractivity contribution in [3.05, 3.63) is 34.9 Å². The monoisotopic (exact) mass is 291 g/mol. The Hall–Kier alpha value is -0.770. The first-order valence-electron chi connectivity index (χ1n) is 5.53. The largest absolute Gasteiger partial charge is 0.458 e. The molecule has 0 radical (unpaired) electrons. The molecule has 1 atom stereocenters. The quantitative estimate of drug-likeness (QED) is 0.868. The average Bonchev–Trinajstić information content (AvgIpc) is 2.20. The van der Waals surface area contributed by atoms with Gasteiger partial charge in [-0.2, -0.15) is 0 Å². The molecule has 102 valence electrons. The summed E-state index contributed by atoms with van der Waals surface area (Å²) in [6.45, 7) is 5.34. The van der Waals surface area contributed by atoms with Gasteiger partial charge in [0.2, 0.25) is 0 Å². The van der Waals surface area contributed by atoms with Crippen molar-refractivity contribution in [1.82, 2.24) is 0 Å². The van der Waals surface area contributed by atoms with Crippen LogP contribution in [0.5, 0.6) is 0 Å². The minimum atomic E-state index is -0.598. The second kappa shape index (κ2) is 6.98. The normalized spacial score (nSPS) is 12.5.